The summed E-state index contributed by atoms with van der Waals surface area (Å²) in [5, 5.41) is 5.84. The number of rotatable bonds is 10. The molecule has 0 bridgehead atoms. The van der Waals surface area contributed by atoms with E-state index in [-0.39, 0.29) is 18.6 Å². The Balaban J connectivity index is 2.30. The predicted octanol–water partition coefficient (Wildman–Crippen LogP) is 4.36. The minimum Gasteiger partial charge on any atom is -0.352 e. The van der Waals surface area contributed by atoms with Crippen LogP contribution in [-0.4, -0.2) is 24.7 Å². The van der Waals surface area contributed by atoms with Gasteiger partial charge in [0.25, 0.3) is 0 Å². The molecule has 1 amide bonds. The molecule has 0 saturated carbocycles. The van der Waals surface area contributed by atoms with E-state index in [9.17, 15) is 9.70 Å². The lowest BCUT2D eigenvalue weighted by atomic mass is 9.85. The Bertz CT molecular complexity index is 994. The summed E-state index contributed by atoms with van der Waals surface area (Å²) in [6, 6.07) is 28.9. The van der Waals surface area contributed by atoms with Gasteiger partial charge in [-0.05, 0) is 41.7 Å². The van der Waals surface area contributed by atoms with Crippen LogP contribution in [0.1, 0.15) is 30.5 Å². The highest BCUT2D eigenvalue weighted by Gasteiger charge is 2.28. The van der Waals surface area contributed by atoms with Crippen molar-refractivity contribution in [3.63, 3.8) is 0 Å². The number of nitroso groups, excluding NO2 is 1. The van der Waals surface area contributed by atoms with Gasteiger partial charge in [-0.15, -0.1) is 4.91 Å². The summed E-state index contributed by atoms with van der Waals surface area (Å²) in [4.78, 5) is 24.1. The van der Waals surface area contributed by atoms with E-state index >= 15 is 0 Å². The number of amides is 1. The quantitative estimate of drug-likeness (QED) is 0.194. The third-order valence-corrected chi connectivity index (χ3v) is 4.85. The van der Waals surface area contributed by atoms with Crippen LogP contribution in [0.5, 0.6) is 0 Å². The molecule has 0 aliphatic carbocycles. The lowest BCUT2D eigenvalue weighted by Gasteiger charge is -2.26. The number of hydrazine groups is 1. The first-order chi connectivity index (χ1) is 15.6. The van der Waals surface area contributed by atoms with Gasteiger partial charge < -0.3 is 5.32 Å². The minimum absolute atomic E-state index is 0.0510. The molecule has 3 aromatic carbocycles. The first-order valence-electron chi connectivity index (χ1n) is 10.6. The molecular weight excluding hydrogens is 400 g/mol. The van der Waals surface area contributed by atoms with Crippen LogP contribution < -0.4 is 16.2 Å². The molecule has 164 valence electrons. The van der Waals surface area contributed by atoms with E-state index in [1.807, 2.05) is 105 Å². The number of hydrogen-bond donors (Lipinski definition) is 3. The van der Waals surface area contributed by atoms with Crippen molar-refractivity contribution >= 4 is 17.1 Å². The Kier molecular flexibility index (Phi) is 8.43. The third-order valence-electron chi connectivity index (χ3n) is 4.85. The Morgan fingerprint density at radius 3 is 1.69 bits per heavy atom. The van der Waals surface area contributed by atoms with Crippen LogP contribution in [0.3, 0.4) is 0 Å². The minimum atomic E-state index is -0.781. The first kappa shape index (κ1) is 23.1. The lowest BCUT2D eigenvalue weighted by molar-refractivity contribution is -0.122. The molecule has 0 saturated heterocycles. The fraction of sp³-hybridized carbons (Fsp3) is 0.192. The van der Waals surface area contributed by atoms with Gasteiger partial charge in [-0.25, -0.2) is 10.9 Å². The highest BCUT2D eigenvalue weighted by molar-refractivity contribution is 6.08. The third kappa shape index (κ3) is 5.97. The zero-order valence-corrected chi connectivity index (χ0v) is 18.3. The number of benzene rings is 3. The number of hydrogen-bond acceptors (Lipinski definition) is 5. The summed E-state index contributed by atoms with van der Waals surface area (Å²) in [6.07, 6.45) is 0. The van der Waals surface area contributed by atoms with Gasteiger partial charge in [-0.2, -0.15) is 0 Å². The Labute approximate surface area is 188 Å². The standard InChI is InChI=1S/C26H28N4O2/c1-19(2)29-26(31)25(30-27-18-28-32)24(22-16-10-5-11-17-22)23(20-12-6-3-7-13-20)21-14-8-4-9-15-21/h3-17,19,25,27,30H,18H2,1-2H3,(H,29,31)/t25-/m1/s1. The molecule has 0 aliphatic rings. The second kappa shape index (κ2) is 11.7. The second-order valence-electron chi connectivity index (χ2n) is 7.59. The maximum absolute atomic E-state index is 13.4. The summed E-state index contributed by atoms with van der Waals surface area (Å²) in [5.41, 5.74) is 10.4. The normalized spacial score (nSPS) is 11.6. The zero-order chi connectivity index (χ0) is 22.8. The predicted molar refractivity (Wildman–Crippen MR) is 129 cm³/mol. The number of nitrogens with one attached hydrogen (secondary N) is 3. The zero-order valence-electron chi connectivity index (χ0n) is 18.3. The van der Waals surface area contributed by atoms with Crippen LogP contribution in [0.2, 0.25) is 0 Å². The highest BCUT2D eigenvalue weighted by Crippen LogP contribution is 2.34. The van der Waals surface area contributed by atoms with E-state index in [4.69, 9.17) is 0 Å². The maximum Gasteiger partial charge on any atom is 0.243 e. The summed E-state index contributed by atoms with van der Waals surface area (Å²) < 4.78 is 0. The van der Waals surface area contributed by atoms with Crippen LogP contribution in [0, 0.1) is 4.91 Å². The van der Waals surface area contributed by atoms with Gasteiger partial charge in [0.1, 0.15) is 12.7 Å². The van der Waals surface area contributed by atoms with Gasteiger partial charge >= 0.3 is 0 Å². The van der Waals surface area contributed by atoms with E-state index < -0.39 is 6.04 Å². The van der Waals surface area contributed by atoms with Crippen LogP contribution in [0.25, 0.3) is 11.1 Å². The second-order valence-corrected chi connectivity index (χ2v) is 7.59. The lowest BCUT2D eigenvalue weighted by Crippen LogP contribution is -2.52. The van der Waals surface area contributed by atoms with E-state index in [1.54, 1.807) is 0 Å². The van der Waals surface area contributed by atoms with Crippen molar-refractivity contribution in [2.75, 3.05) is 6.67 Å². The number of nitrogens with zero attached hydrogens (tertiary/aromatic N) is 1. The van der Waals surface area contributed by atoms with E-state index in [1.165, 1.54) is 0 Å². The van der Waals surface area contributed by atoms with E-state index in [0.717, 1.165) is 27.8 Å². The smallest absolute Gasteiger partial charge is 0.243 e. The van der Waals surface area contributed by atoms with Crippen molar-refractivity contribution in [2.24, 2.45) is 5.18 Å². The molecule has 6 nitrogen and oxygen atoms in total. The van der Waals surface area contributed by atoms with Crippen molar-refractivity contribution in [1.82, 2.24) is 16.2 Å². The summed E-state index contributed by atoms with van der Waals surface area (Å²) in [7, 11) is 0. The largest absolute Gasteiger partial charge is 0.352 e. The van der Waals surface area contributed by atoms with E-state index in [0.29, 0.717) is 0 Å². The monoisotopic (exact) mass is 428 g/mol. The van der Waals surface area contributed by atoms with Gasteiger partial charge in [0, 0.05) is 6.04 Å². The average Bonchev–Trinajstić information content (AvgIpc) is 2.82. The molecule has 0 spiro atoms. The van der Waals surface area contributed by atoms with Crippen LogP contribution in [-0.2, 0) is 4.79 Å². The van der Waals surface area contributed by atoms with Crippen molar-refractivity contribution < 1.29 is 4.79 Å². The summed E-state index contributed by atoms with van der Waals surface area (Å²) >= 11 is 0. The van der Waals surface area contributed by atoms with Crippen molar-refractivity contribution in [3.05, 3.63) is 113 Å². The Morgan fingerprint density at radius 1 is 0.781 bits per heavy atom. The number of carbonyl (C=O) groups is 1. The maximum atomic E-state index is 13.4. The van der Waals surface area contributed by atoms with Gasteiger partial charge in [0.15, 0.2) is 0 Å². The van der Waals surface area contributed by atoms with Crippen LogP contribution >= 0.6 is 0 Å². The first-order valence-corrected chi connectivity index (χ1v) is 10.6. The molecule has 0 fully saturated rings. The summed E-state index contributed by atoms with van der Waals surface area (Å²) in [6.45, 7) is 3.66. The molecule has 3 aromatic rings. The van der Waals surface area contributed by atoms with Gasteiger partial charge in [0.2, 0.25) is 5.91 Å². The molecule has 0 aromatic heterocycles. The molecule has 0 radical (unpaired) electrons. The topological polar surface area (TPSA) is 82.6 Å². The van der Waals surface area contributed by atoms with Gasteiger partial charge in [0.05, 0.1) is 0 Å². The molecule has 0 heterocycles. The SMILES string of the molecule is CC(C)NC(=O)[C@H](NNCN=O)C(=C(c1ccccc1)c1ccccc1)c1ccccc1. The molecule has 0 unspecified atom stereocenters. The van der Waals surface area contributed by atoms with Gasteiger partial charge in [-0.3, -0.25) is 4.79 Å². The Morgan fingerprint density at radius 2 is 1.25 bits per heavy atom. The molecule has 32 heavy (non-hydrogen) atoms. The van der Waals surface area contributed by atoms with Crippen LogP contribution in [0.15, 0.2) is 96.2 Å². The van der Waals surface area contributed by atoms with Crippen molar-refractivity contribution in [2.45, 2.75) is 25.9 Å². The molecule has 3 N–H and O–H groups in total. The Hall–Kier alpha value is -3.61. The molecule has 0 aliphatic heterocycles. The molecule has 3 rings (SSSR count). The molecule has 6 heteroatoms. The fourth-order valence-electron chi connectivity index (χ4n) is 3.58. The van der Waals surface area contributed by atoms with E-state index in [2.05, 4.69) is 21.3 Å². The van der Waals surface area contributed by atoms with Crippen molar-refractivity contribution in [1.29, 1.82) is 0 Å². The summed E-state index contributed by atoms with van der Waals surface area (Å²) in [5.74, 6) is -0.207. The van der Waals surface area contributed by atoms with Crippen LogP contribution in [0.4, 0.5) is 0 Å². The molecule has 1 atom stereocenters. The molecular formula is C26H28N4O2. The number of carbonyl (C=O) groups excluding carboxylic acids is 1. The van der Waals surface area contributed by atoms with Gasteiger partial charge in [-0.1, -0.05) is 96.2 Å². The van der Waals surface area contributed by atoms with Crippen molar-refractivity contribution in [3.8, 4) is 0 Å². The fourth-order valence-corrected chi connectivity index (χ4v) is 3.58. The highest BCUT2D eigenvalue weighted by atomic mass is 16.3. The average molecular weight is 429 g/mol.